The van der Waals surface area contributed by atoms with Gasteiger partial charge >= 0.3 is 12.2 Å². The van der Waals surface area contributed by atoms with E-state index in [-0.39, 0.29) is 35.7 Å². The Bertz CT molecular complexity index is 2480. The minimum atomic E-state index is -0.704. The van der Waals surface area contributed by atoms with Gasteiger partial charge < -0.3 is 39.9 Å². The topological polar surface area (TPSA) is 175 Å². The molecule has 2 saturated heterocycles. The maximum atomic E-state index is 13.8. The fourth-order valence-electron chi connectivity index (χ4n) is 9.06. The molecule has 0 bridgehead atoms. The van der Waals surface area contributed by atoms with E-state index in [1.807, 2.05) is 49.9 Å². The molecule has 16 heteroatoms. The number of aromatic nitrogens is 4. The predicted octanol–water partition coefficient (Wildman–Crippen LogP) is 9.27. The van der Waals surface area contributed by atoms with Gasteiger partial charge in [0.05, 0.1) is 50.1 Å². The van der Waals surface area contributed by atoms with Gasteiger partial charge in [-0.05, 0) is 69.1 Å². The first kappa shape index (κ1) is 42.9. The number of fused-ring (bicyclic) bond motifs is 2. The van der Waals surface area contributed by atoms with Crippen LogP contribution in [-0.4, -0.2) is 93.1 Å². The van der Waals surface area contributed by atoms with E-state index in [1.165, 1.54) is 28.7 Å². The Morgan fingerprint density at radius 3 is 1.56 bits per heavy atom. The highest BCUT2D eigenvalue weighted by molar-refractivity contribution is 7.20. The Balaban J connectivity index is 1.08. The van der Waals surface area contributed by atoms with E-state index in [9.17, 15) is 19.2 Å². The molecule has 0 radical (unpaired) electrons. The number of nitrogens with one attached hydrogen (secondary N) is 4. The molecule has 4 aromatic heterocycles. The first-order valence-electron chi connectivity index (χ1n) is 21.2. The molecule has 6 aromatic rings. The number of amides is 4. The number of hydrogen-bond donors (Lipinski definition) is 4. The third-order valence-corrected chi connectivity index (χ3v) is 14.3. The third-order valence-electron chi connectivity index (χ3n) is 12.2. The number of methoxy groups -OCH3 is 2. The van der Waals surface area contributed by atoms with Crippen LogP contribution in [0.25, 0.3) is 53.8 Å². The maximum Gasteiger partial charge on any atom is 0.407 e. The van der Waals surface area contributed by atoms with Crippen molar-refractivity contribution in [3.8, 4) is 33.6 Å². The number of aromatic amines is 2. The summed E-state index contributed by atoms with van der Waals surface area (Å²) in [5.41, 5.74) is 6.13. The van der Waals surface area contributed by atoms with E-state index in [0.29, 0.717) is 13.1 Å². The van der Waals surface area contributed by atoms with E-state index in [1.54, 1.807) is 22.7 Å². The first-order chi connectivity index (χ1) is 29.8. The van der Waals surface area contributed by atoms with Gasteiger partial charge in [0.25, 0.3) is 0 Å². The quantitative estimate of drug-likeness (QED) is 0.0996. The second kappa shape index (κ2) is 17.6. The number of benzene rings is 2. The molecule has 0 saturated carbocycles. The first-order valence-corrected chi connectivity index (χ1v) is 22.9. The number of imidazole rings is 2. The van der Waals surface area contributed by atoms with Crippen LogP contribution in [-0.2, 0) is 19.1 Å². The van der Waals surface area contributed by atoms with Crippen LogP contribution < -0.4 is 10.6 Å². The maximum absolute atomic E-state index is 13.8. The number of aryl methyl sites for hydroxylation is 2. The van der Waals surface area contributed by atoms with Crippen molar-refractivity contribution in [2.24, 2.45) is 11.8 Å². The van der Waals surface area contributed by atoms with Gasteiger partial charge in [-0.1, -0.05) is 52.0 Å². The lowest BCUT2D eigenvalue weighted by molar-refractivity contribution is -0.136. The molecule has 2 aromatic carbocycles. The summed E-state index contributed by atoms with van der Waals surface area (Å²) in [7, 11) is 2.60. The van der Waals surface area contributed by atoms with Crippen molar-refractivity contribution < 1.29 is 28.7 Å². The Hall–Kier alpha value is -5.74. The van der Waals surface area contributed by atoms with Gasteiger partial charge in [0.15, 0.2) is 0 Å². The Morgan fingerprint density at radius 1 is 0.661 bits per heavy atom. The number of carbonyl (C=O) groups is 4. The molecule has 4 amide bonds. The fraction of sp³-hybridized carbons (Fsp3) is 0.435. The largest absolute Gasteiger partial charge is 0.453 e. The fourth-order valence-corrected chi connectivity index (χ4v) is 11.2. The summed E-state index contributed by atoms with van der Waals surface area (Å²) in [4.78, 5) is 74.7. The van der Waals surface area contributed by atoms with Crippen LogP contribution in [0.2, 0.25) is 0 Å². The Kier molecular flexibility index (Phi) is 12.2. The van der Waals surface area contributed by atoms with Gasteiger partial charge in [0.1, 0.15) is 23.7 Å². The lowest BCUT2D eigenvalue weighted by Crippen LogP contribution is -2.51. The summed E-state index contributed by atoms with van der Waals surface area (Å²) in [6, 6.07) is 11.3. The number of carbonyl (C=O) groups excluding carboxylic acids is 4. The van der Waals surface area contributed by atoms with Gasteiger partial charge in [-0.25, -0.2) is 19.6 Å². The molecule has 4 unspecified atom stereocenters. The van der Waals surface area contributed by atoms with Crippen LogP contribution in [0.15, 0.2) is 48.8 Å². The number of alkyl carbamates (subject to hydrolysis) is 2. The van der Waals surface area contributed by atoms with E-state index in [2.05, 4.69) is 70.8 Å². The summed E-state index contributed by atoms with van der Waals surface area (Å²) in [6.45, 7) is 13.1. The van der Waals surface area contributed by atoms with Crippen LogP contribution >= 0.6 is 22.7 Å². The molecule has 4 N–H and O–H groups in total. The molecule has 8 rings (SSSR count). The zero-order chi connectivity index (χ0) is 44.0. The van der Waals surface area contributed by atoms with Gasteiger partial charge in [0, 0.05) is 59.7 Å². The molecular formula is C46H54N8O6S2. The van der Waals surface area contributed by atoms with E-state index < -0.39 is 24.3 Å². The summed E-state index contributed by atoms with van der Waals surface area (Å²) < 4.78 is 11.9. The summed E-state index contributed by atoms with van der Waals surface area (Å²) >= 11 is 3.52. The highest BCUT2D eigenvalue weighted by Gasteiger charge is 2.39. The Labute approximate surface area is 368 Å². The van der Waals surface area contributed by atoms with Crippen molar-refractivity contribution in [3.05, 3.63) is 70.2 Å². The van der Waals surface area contributed by atoms with Gasteiger partial charge in [-0.15, -0.1) is 22.7 Å². The van der Waals surface area contributed by atoms with Crippen LogP contribution in [0.5, 0.6) is 0 Å². The molecule has 2 fully saturated rings. The molecule has 2 aliphatic heterocycles. The highest BCUT2D eigenvalue weighted by atomic mass is 32.1. The highest BCUT2D eigenvalue weighted by Crippen LogP contribution is 2.46. The SMILES string of the molecule is COC(=O)NC(C(=O)N1CCCC1c1ncc(-c2ccc(-c3ccc(-c4cnc(C5CCCN5C(=O)C(NC(=O)OC)C(C)C)[nH]4)c4sc(C)cc34)c3sc(C)cc23)[nH]1)C(C)C. The average Bonchev–Trinajstić information content (AvgIpc) is 4.11. The lowest BCUT2D eigenvalue weighted by atomic mass is 9.95. The molecule has 62 heavy (non-hydrogen) atoms. The smallest absolute Gasteiger partial charge is 0.407 e. The summed E-state index contributed by atoms with van der Waals surface area (Å²) in [5.74, 6) is 0.941. The van der Waals surface area contributed by atoms with Crippen molar-refractivity contribution in [2.45, 2.75) is 91.4 Å². The van der Waals surface area contributed by atoms with Crippen LogP contribution in [0.1, 0.15) is 86.9 Å². The second-order valence-electron chi connectivity index (χ2n) is 17.0. The molecule has 326 valence electrons. The minimum absolute atomic E-state index is 0.118. The van der Waals surface area contributed by atoms with Gasteiger partial charge in [0.2, 0.25) is 11.8 Å². The predicted molar refractivity (Wildman–Crippen MR) is 243 cm³/mol. The molecule has 6 heterocycles. The van der Waals surface area contributed by atoms with E-state index >= 15 is 0 Å². The lowest BCUT2D eigenvalue weighted by Gasteiger charge is -2.30. The van der Waals surface area contributed by atoms with Crippen molar-refractivity contribution in [2.75, 3.05) is 27.3 Å². The standard InChI is InChI=1S/C46H54N8O6S2/c1-23(2)37(51-45(57)59-7)43(55)53-17-9-11-35(53)41-47-21-33(49-41)28-14-15-29(39-32(28)20-26(6)61-39)27-13-16-30(40-31(27)19-25(5)62-40)34-22-48-42(50-34)36-12-10-18-54(36)44(56)38(24(3)4)52-46(58)60-8/h13-16,19-24,35-38H,9-12,17-18H2,1-8H3,(H,47,49)(H,48,50)(H,51,57)(H,52,58). The molecule has 2 aliphatic rings. The van der Waals surface area contributed by atoms with Crippen molar-refractivity contribution in [1.29, 1.82) is 0 Å². The van der Waals surface area contributed by atoms with Gasteiger partial charge in [-0.2, -0.15) is 0 Å². The summed E-state index contributed by atoms with van der Waals surface area (Å²) in [5, 5.41) is 7.74. The molecule has 14 nitrogen and oxygen atoms in total. The zero-order valence-corrected chi connectivity index (χ0v) is 38.0. The minimum Gasteiger partial charge on any atom is -0.453 e. The number of nitrogens with zero attached hydrogens (tertiary/aromatic N) is 4. The average molecular weight is 879 g/mol. The van der Waals surface area contributed by atoms with Gasteiger partial charge in [-0.3, -0.25) is 9.59 Å². The van der Waals surface area contributed by atoms with Crippen LogP contribution in [0.3, 0.4) is 0 Å². The van der Waals surface area contributed by atoms with Crippen molar-refractivity contribution in [3.63, 3.8) is 0 Å². The van der Waals surface area contributed by atoms with Crippen molar-refractivity contribution in [1.82, 2.24) is 40.4 Å². The number of thiophene rings is 2. The monoisotopic (exact) mass is 878 g/mol. The van der Waals surface area contributed by atoms with E-state index in [4.69, 9.17) is 19.4 Å². The molecule has 4 atom stereocenters. The molecular weight excluding hydrogens is 825 g/mol. The number of rotatable bonds is 11. The number of ether oxygens (including phenoxy) is 2. The van der Waals surface area contributed by atoms with Crippen molar-refractivity contribution >= 4 is 66.8 Å². The zero-order valence-electron chi connectivity index (χ0n) is 36.4. The molecule has 0 spiro atoms. The third kappa shape index (κ3) is 8.05. The normalized spacial score (nSPS) is 17.6. The number of likely N-dealkylation sites (tertiary alicyclic amines) is 2. The second-order valence-corrected chi connectivity index (χ2v) is 19.5. The summed E-state index contributed by atoms with van der Waals surface area (Å²) in [6.07, 6.45) is 5.70. The molecule has 0 aliphatic carbocycles. The van der Waals surface area contributed by atoms with Crippen LogP contribution in [0.4, 0.5) is 9.59 Å². The Morgan fingerprint density at radius 2 is 1.08 bits per heavy atom. The van der Waals surface area contributed by atoms with E-state index in [0.717, 1.165) is 86.4 Å². The van der Waals surface area contributed by atoms with Crippen LogP contribution in [0, 0.1) is 25.7 Å². The number of hydrogen-bond acceptors (Lipinski definition) is 10. The number of H-pyrrole nitrogens is 2.